The molecule has 0 atom stereocenters. The van der Waals surface area contributed by atoms with Crippen LogP contribution in [0, 0.1) is 5.82 Å². The van der Waals surface area contributed by atoms with Crippen molar-refractivity contribution in [2.45, 2.75) is 18.8 Å². The molecule has 0 amide bonds. The molecule has 1 aliphatic carbocycles. The summed E-state index contributed by atoms with van der Waals surface area (Å²) in [5.41, 5.74) is 0.745. The third-order valence-electron chi connectivity index (χ3n) is 2.56. The minimum Gasteiger partial charge on any atom is -0.440 e. The largest absolute Gasteiger partial charge is 0.440 e. The Kier molecular flexibility index (Phi) is 1.84. The third kappa shape index (κ3) is 1.65. The van der Waals surface area contributed by atoms with Gasteiger partial charge in [0.05, 0.1) is 6.20 Å². The van der Waals surface area contributed by atoms with Gasteiger partial charge in [0.1, 0.15) is 5.82 Å². The van der Waals surface area contributed by atoms with E-state index < -0.39 is 0 Å². The summed E-state index contributed by atoms with van der Waals surface area (Å²) >= 11 is 0. The van der Waals surface area contributed by atoms with E-state index in [9.17, 15) is 4.39 Å². The number of hydrogen-bond acceptors (Lipinski definition) is 2. The fourth-order valence-electron chi connectivity index (χ4n) is 1.58. The average molecular weight is 203 g/mol. The molecule has 0 spiro atoms. The third-order valence-corrected chi connectivity index (χ3v) is 2.56. The summed E-state index contributed by atoms with van der Waals surface area (Å²) in [6.45, 7) is 0. The standard InChI is InChI=1S/C12H10FNO/c13-10-3-1-2-9(6-10)11-7-14-12(15-11)8-4-5-8/h1-3,6-8H,4-5H2. The van der Waals surface area contributed by atoms with Crippen molar-refractivity contribution in [2.24, 2.45) is 0 Å². The van der Waals surface area contributed by atoms with Gasteiger partial charge in [-0.1, -0.05) is 12.1 Å². The first kappa shape index (κ1) is 8.65. The molecule has 0 N–H and O–H groups in total. The van der Waals surface area contributed by atoms with E-state index in [1.54, 1.807) is 12.3 Å². The minimum absolute atomic E-state index is 0.253. The van der Waals surface area contributed by atoms with E-state index in [1.165, 1.54) is 12.1 Å². The number of hydrogen-bond donors (Lipinski definition) is 0. The molecule has 1 aromatic heterocycles. The van der Waals surface area contributed by atoms with Crippen LogP contribution < -0.4 is 0 Å². The molecule has 0 saturated heterocycles. The van der Waals surface area contributed by atoms with Gasteiger partial charge in [-0.25, -0.2) is 9.37 Å². The van der Waals surface area contributed by atoms with Crippen LogP contribution in [0.15, 0.2) is 34.9 Å². The van der Waals surface area contributed by atoms with Gasteiger partial charge in [-0.05, 0) is 25.0 Å². The molecule has 2 nitrogen and oxygen atoms in total. The molecule has 1 fully saturated rings. The van der Waals surface area contributed by atoms with Crippen LogP contribution in [-0.4, -0.2) is 4.98 Å². The highest BCUT2D eigenvalue weighted by Crippen LogP contribution is 2.40. The van der Waals surface area contributed by atoms with Crippen LogP contribution in [0.1, 0.15) is 24.7 Å². The maximum atomic E-state index is 13.0. The van der Waals surface area contributed by atoms with Crippen molar-refractivity contribution in [1.29, 1.82) is 0 Å². The zero-order valence-electron chi connectivity index (χ0n) is 8.11. The highest BCUT2D eigenvalue weighted by atomic mass is 19.1. The monoisotopic (exact) mass is 203 g/mol. The molecular formula is C12H10FNO. The van der Waals surface area contributed by atoms with Crippen LogP contribution in [0.5, 0.6) is 0 Å². The van der Waals surface area contributed by atoms with Crippen molar-refractivity contribution < 1.29 is 8.81 Å². The van der Waals surface area contributed by atoms with E-state index in [1.807, 2.05) is 6.07 Å². The Bertz CT molecular complexity index is 488. The number of rotatable bonds is 2. The molecule has 0 aliphatic heterocycles. The van der Waals surface area contributed by atoms with Gasteiger partial charge in [0.2, 0.25) is 0 Å². The second kappa shape index (κ2) is 3.19. The lowest BCUT2D eigenvalue weighted by Gasteiger charge is -1.95. The molecule has 0 bridgehead atoms. The molecule has 3 rings (SSSR count). The molecule has 1 saturated carbocycles. The summed E-state index contributed by atoms with van der Waals surface area (Å²) in [6.07, 6.45) is 3.98. The van der Waals surface area contributed by atoms with Gasteiger partial charge in [-0.15, -0.1) is 0 Å². The van der Waals surface area contributed by atoms with Crippen LogP contribution in [0.3, 0.4) is 0 Å². The van der Waals surface area contributed by atoms with Gasteiger partial charge in [-0.3, -0.25) is 0 Å². The SMILES string of the molecule is Fc1cccc(-c2cnc(C3CC3)o2)c1. The van der Waals surface area contributed by atoms with Gasteiger partial charge < -0.3 is 4.42 Å². The van der Waals surface area contributed by atoms with Crippen LogP contribution in [0.25, 0.3) is 11.3 Å². The van der Waals surface area contributed by atoms with E-state index in [0.717, 1.165) is 24.3 Å². The average Bonchev–Trinajstić information content (AvgIpc) is 2.97. The second-order valence-electron chi connectivity index (χ2n) is 3.85. The van der Waals surface area contributed by atoms with Gasteiger partial charge in [0, 0.05) is 11.5 Å². The topological polar surface area (TPSA) is 26.0 Å². The summed E-state index contributed by atoms with van der Waals surface area (Å²) in [4.78, 5) is 4.20. The normalized spacial score (nSPS) is 15.5. The van der Waals surface area contributed by atoms with E-state index >= 15 is 0 Å². The first-order valence-electron chi connectivity index (χ1n) is 5.04. The highest BCUT2D eigenvalue weighted by Gasteiger charge is 2.28. The number of halogens is 1. The lowest BCUT2D eigenvalue weighted by atomic mass is 10.2. The molecule has 3 heteroatoms. The smallest absolute Gasteiger partial charge is 0.198 e. The van der Waals surface area contributed by atoms with Crippen molar-refractivity contribution in [3.63, 3.8) is 0 Å². The predicted molar refractivity (Wildman–Crippen MR) is 53.9 cm³/mol. The Morgan fingerprint density at radius 1 is 1.33 bits per heavy atom. The fourth-order valence-corrected chi connectivity index (χ4v) is 1.58. The first-order valence-corrected chi connectivity index (χ1v) is 5.04. The van der Waals surface area contributed by atoms with Crippen LogP contribution >= 0.6 is 0 Å². The van der Waals surface area contributed by atoms with Crippen LogP contribution in [0.4, 0.5) is 4.39 Å². The number of aromatic nitrogens is 1. The van der Waals surface area contributed by atoms with Crippen molar-refractivity contribution in [1.82, 2.24) is 4.98 Å². The minimum atomic E-state index is -0.253. The van der Waals surface area contributed by atoms with Gasteiger partial charge in [-0.2, -0.15) is 0 Å². The number of oxazole rings is 1. The molecule has 0 radical (unpaired) electrons. The van der Waals surface area contributed by atoms with Gasteiger partial charge in [0.25, 0.3) is 0 Å². The van der Waals surface area contributed by atoms with Crippen molar-refractivity contribution >= 4 is 0 Å². The Morgan fingerprint density at radius 2 is 2.20 bits per heavy atom. The van der Waals surface area contributed by atoms with E-state index in [4.69, 9.17) is 4.42 Å². The fraction of sp³-hybridized carbons (Fsp3) is 0.250. The Balaban J connectivity index is 1.97. The summed E-state index contributed by atoms with van der Waals surface area (Å²) < 4.78 is 18.5. The van der Waals surface area contributed by atoms with Gasteiger partial charge >= 0.3 is 0 Å². The van der Waals surface area contributed by atoms with Gasteiger partial charge in [0.15, 0.2) is 11.7 Å². The Hall–Kier alpha value is -1.64. The van der Waals surface area contributed by atoms with Crippen molar-refractivity contribution in [2.75, 3.05) is 0 Å². The lowest BCUT2D eigenvalue weighted by molar-refractivity contribution is 0.509. The summed E-state index contributed by atoms with van der Waals surface area (Å²) in [7, 11) is 0. The first-order chi connectivity index (χ1) is 7.33. The highest BCUT2D eigenvalue weighted by molar-refractivity contribution is 5.56. The molecule has 2 aromatic rings. The lowest BCUT2D eigenvalue weighted by Crippen LogP contribution is -1.76. The molecule has 1 heterocycles. The van der Waals surface area contributed by atoms with Crippen molar-refractivity contribution in [3.05, 3.63) is 42.2 Å². The van der Waals surface area contributed by atoms with Crippen LogP contribution in [-0.2, 0) is 0 Å². The predicted octanol–water partition coefficient (Wildman–Crippen LogP) is 3.36. The molecule has 0 unspecified atom stereocenters. The summed E-state index contributed by atoms with van der Waals surface area (Å²) in [5.74, 6) is 1.68. The second-order valence-corrected chi connectivity index (χ2v) is 3.85. The van der Waals surface area contributed by atoms with E-state index in [-0.39, 0.29) is 5.82 Å². The van der Waals surface area contributed by atoms with E-state index in [2.05, 4.69) is 4.98 Å². The summed E-state index contributed by atoms with van der Waals surface area (Å²) in [5, 5.41) is 0. The molecule has 15 heavy (non-hydrogen) atoms. The van der Waals surface area contributed by atoms with E-state index in [0.29, 0.717) is 11.7 Å². The maximum Gasteiger partial charge on any atom is 0.198 e. The Morgan fingerprint density at radius 3 is 2.93 bits per heavy atom. The maximum absolute atomic E-state index is 13.0. The molecule has 76 valence electrons. The number of benzene rings is 1. The zero-order chi connectivity index (χ0) is 10.3. The quantitative estimate of drug-likeness (QED) is 0.748. The molecule has 1 aliphatic rings. The van der Waals surface area contributed by atoms with Crippen LogP contribution in [0.2, 0.25) is 0 Å². The Labute approximate surface area is 86.8 Å². The molecule has 1 aromatic carbocycles. The molecular weight excluding hydrogens is 193 g/mol. The zero-order valence-corrected chi connectivity index (χ0v) is 8.11. The van der Waals surface area contributed by atoms with Crippen molar-refractivity contribution in [3.8, 4) is 11.3 Å². The number of nitrogens with zero attached hydrogens (tertiary/aromatic N) is 1. The summed E-state index contributed by atoms with van der Waals surface area (Å²) in [6, 6.07) is 6.36.